The van der Waals surface area contributed by atoms with Crippen LogP contribution in [0.2, 0.25) is 0 Å². The Bertz CT molecular complexity index is 818. The molecule has 4 rings (SSSR count). The molecule has 0 radical (unpaired) electrons. The second-order valence-electron chi connectivity index (χ2n) is 6.11. The van der Waals surface area contributed by atoms with Gasteiger partial charge in [-0.1, -0.05) is 42.5 Å². The highest BCUT2D eigenvalue weighted by atomic mass is 32.1. The number of aromatic nitrogens is 2. The lowest BCUT2D eigenvalue weighted by Crippen LogP contribution is -2.47. The van der Waals surface area contributed by atoms with Gasteiger partial charge in [0.25, 0.3) is 5.91 Å². The zero-order valence-corrected chi connectivity index (χ0v) is 13.7. The summed E-state index contributed by atoms with van der Waals surface area (Å²) in [5, 5.41) is 11.9. The summed E-state index contributed by atoms with van der Waals surface area (Å²) in [5.41, 5.74) is 1.06. The molecule has 3 amide bonds. The maximum atomic E-state index is 13.2. The summed E-state index contributed by atoms with van der Waals surface area (Å²) in [4.78, 5) is 26.8. The molecule has 0 bridgehead atoms. The molecule has 1 aromatic heterocycles. The minimum atomic E-state index is -0.972. The van der Waals surface area contributed by atoms with Gasteiger partial charge in [-0.2, -0.15) is 0 Å². The van der Waals surface area contributed by atoms with Gasteiger partial charge in [0, 0.05) is 0 Å². The molecule has 1 aromatic carbocycles. The normalized spacial score (nSPS) is 26.5. The number of nitrogens with one attached hydrogen (secondary N) is 1. The summed E-state index contributed by atoms with van der Waals surface area (Å²) < 4.78 is 0. The molecule has 1 aliphatic carbocycles. The van der Waals surface area contributed by atoms with Gasteiger partial charge < -0.3 is 5.32 Å². The summed E-state index contributed by atoms with van der Waals surface area (Å²) >= 11 is 1.24. The smallest absolute Gasteiger partial charge is 0.319 e. The van der Waals surface area contributed by atoms with Crippen LogP contribution < -0.4 is 10.2 Å². The van der Waals surface area contributed by atoms with Gasteiger partial charge in [-0.05, 0) is 36.8 Å². The molecule has 2 aliphatic rings. The van der Waals surface area contributed by atoms with Crippen LogP contribution in [0.5, 0.6) is 0 Å². The number of nitrogens with zero attached hydrogens (tertiary/aromatic N) is 3. The molecule has 118 valence electrons. The van der Waals surface area contributed by atoms with E-state index in [2.05, 4.69) is 22.4 Å². The van der Waals surface area contributed by atoms with Crippen LogP contribution in [0.15, 0.2) is 24.3 Å². The molecule has 1 aliphatic heterocycles. The first-order valence-electron chi connectivity index (χ1n) is 7.59. The summed E-state index contributed by atoms with van der Waals surface area (Å²) in [5.74, 6) is 0.123. The minimum Gasteiger partial charge on any atom is -0.319 e. The molecule has 2 atom stereocenters. The Labute approximate surface area is 137 Å². The van der Waals surface area contributed by atoms with Crippen LogP contribution in [0.25, 0.3) is 0 Å². The molecule has 2 unspecified atom stereocenters. The van der Waals surface area contributed by atoms with Gasteiger partial charge in [-0.15, -0.1) is 10.2 Å². The predicted octanol–water partition coefficient (Wildman–Crippen LogP) is 2.70. The zero-order chi connectivity index (χ0) is 16.2. The molecule has 1 fully saturated rings. The maximum absolute atomic E-state index is 13.2. The number of hydrogen-bond donors (Lipinski definition) is 1. The molecular weight excluding hydrogens is 312 g/mol. The number of carbonyl (C=O) groups is 2. The fraction of sp³-hybridized carbons (Fsp3) is 0.375. The second-order valence-corrected chi connectivity index (χ2v) is 7.27. The average molecular weight is 328 g/mol. The van der Waals surface area contributed by atoms with Gasteiger partial charge in [0.15, 0.2) is 0 Å². The van der Waals surface area contributed by atoms with Gasteiger partial charge in [0.1, 0.15) is 10.5 Å². The van der Waals surface area contributed by atoms with Crippen molar-refractivity contribution in [1.29, 1.82) is 0 Å². The fourth-order valence-electron chi connectivity index (χ4n) is 3.52. The van der Waals surface area contributed by atoms with Crippen molar-refractivity contribution in [3.8, 4) is 0 Å². The fourth-order valence-corrected chi connectivity index (χ4v) is 4.20. The van der Waals surface area contributed by atoms with Gasteiger partial charge in [0.2, 0.25) is 5.13 Å². The SMILES string of the molecule is Cc1nnc(N2C(=O)NC3(CCC(C)c4ccccc43)C2=O)s1. The number of imide groups is 1. The Morgan fingerprint density at radius 2 is 2.09 bits per heavy atom. The highest BCUT2D eigenvalue weighted by molar-refractivity contribution is 7.15. The Balaban J connectivity index is 1.83. The molecule has 7 heteroatoms. The van der Waals surface area contributed by atoms with Crippen molar-refractivity contribution in [2.24, 2.45) is 0 Å². The number of benzene rings is 1. The number of aryl methyl sites for hydroxylation is 1. The van der Waals surface area contributed by atoms with E-state index >= 15 is 0 Å². The number of amides is 3. The van der Waals surface area contributed by atoms with E-state index in [1.807, 2.05) is 24.3 Å². The summed E-state index contributed by atoms with van der Waals surface area (Å²) in [6, 6.07) is 7.45. The number of anilines is 1. The van der Waals surface area contributed by atoms with Crippen LogP contribution in [-0.4, -0.2) is 22.1 Å². The van der Waals surface area contributed by atoms with Crippen molar-refractivity contribution >= 4 is 28.4 Å². The lowest BCUT2D eigenvalue weighted by Gasteiger charge is -2.36. The van der Waals surface area contributed by atoms with E-state index in [9.17, 15) is 9.59 Å². The highest BCUT2D eigenvalue weighted by Gasteiger charge is 2.56. The number of hydrogen-bond acceptors (Lipinski definition) is 5. The third kappa shape index (κ3) is 1.92. The van der Waals surface area contributed by atoms with Crippen LogP contribution >= 0.6 is 11.3 Å². The summed E-state index contributed by atoms with van der Waals surface area (Å²) in [7, 11) is 0. The van der Waals surface area contributed by atoms with Crippen LogP contribution in [-0.2, 0) is 10.3 Å². The van der Waals surface area contributed by atoms with E-state index in [1.165, 1.54) is 11.3 Å². The number of urea groups is 1. The zero-order valence-electron chi connectivity index (χ0n) is 12.9. The second kappa shape index (κ2) is 4.86. The average Bonchev–Trinajstić information content (AvgIpc) is 3.06. The first-order chi connectivity index (χ1) is 11.0. The standard InChI is InChI=1S/C16H16N4O2S/c1-9-7-8-16(12-6-4-3-5-11(9)12)13(21)20(14(22)17-16)15-19-18-10(2)23-15/h3-6,9H,7-8H2,1-2H3,(H,17,22). The Hall–Kier alpha value is -2.28. The van der Waals surface area contributed by atoms with E-state index in [1.54, 1.807) is 6.92 Å². The minimum absolute atomic E-state index is 0.252. The van der Waals surface area contributed by atoms with Crippen LogP contribution in [0.1, 0.15) is 41.8 Å². The van der Waals surface area contributed by atoms with Crippen molar-refractivity contribution in [2.75, 3.05) is 4.90 Å². The molecule has 1 N–H and O–H groups in total. The van der Waals surface area contributed by atoms with Crippen molar-refractivity contribution in [1.82, 2.24) is 15.5 Å². The van der Waals surface area contributed by atoms with E-state index in [-0.39, 0.29) is 5.91 Å². The predicted molar refractivity (Wildman–Crippen MR) is 86.4 cm³/mol. The van der Waals surface area contributed by atoms with Crippen LogP contribution in [0, 0.1) is 6.92 Å². The van der Waals surface area contributed by atoms with Crippen molar-refractivity contribution in [3.63, 3.8) is 0 Å². The van der Waals surface area contributed by atoms with Gasteiger partial charge in [-0.25, -0.2) is 9.69 Å². The Morgan fingerprint density at radius 1 is 1.30 bits per heavy atom. The third-order valence-electron chi connectivity index (χ3n) is 4.70. The molecule has 2 heterocycles. The first kappa shape index (κ1) is 14.3. The number of carbonyl (C=O) groups excluding carboxylic acids is 2. The Morgan fingerprint density at radius 3 is 2.83 bits per heavy atom. The van der Waals surface area contributed by atoms with Crippen LogP contribution in [0.4, 0.5) is 9.93 Å². The maximum Gasteiger partial charge on any atom is 0.331 e. The molecule has 1 spiro atoms. The van der Waals surface area contributed by atoms with Gasteiger partial charge >= 0.3 is 6.03 Å². The molecular formula is C16H16N4O2S. The molecule has 0 saturated carbocycles. The van der Waals surface area contributed by atoms with Crippen molar-refractivity contribution in [3.05, 3.63) is 40.4 Å². The van der Waals surface area contributed by atoms with Crippen LogP contribution in [0.3, 0.4) is 0 Å². The molecule has 6 nitrogen and oxygen atoms in total. The third-order valence-corrected chi connectivity index (χ3v) is 5.53. The molecule has 23 heavy (non-hydrogen) atoms. The largest absolute Gasteiger partial charge is 0.331 e. The lowest BCUT2D eigenvalue weighted by atomic mass is 9.72. The molecule has 1 saturated heterocycles. The van der Waals surface area contributed by atoms with Gasteiger partial charge in [0.05, 0.1) is 0 Å². The van der Waals surface area contributed by atoms with Crippen molar-refractivity contribution in [2.45, 2.75) is 38.1 Å². The highest BCUT2D eigenvalue weighted by Crippen LogP contribution is 2.45. The van der Waals surface area contributed by atoms with Crippen molar-refractivity contribution < 1.29 is 9.59 Å². The number of fused-ring (bicyclic) bond motifs is 2. The number of rotatable bonds is 1. The Kier molecular flexibility index (Phi) is 3.02. The first-order valence-corrected chi connectivity index (χ1v) is 8.41. The van der Waals surface area contributed by atoms with E-state index in [4.69, 9.17) is 0 Å². The van der Waals surface area contributed by atoms with E-state index in [0.717, 1.165) is 27.5 Å². The molecule has 2 aromatic rings. The van der Waals surface area contributed by atoms with E-state index < -0.39 is 11.6 Å². The quantitative estimate of drug-likeness (QED) is 0.817. The topological polar surface area (TPSA) is 75.2 Å². The lowest BCUT2D eigenvalue weighted by molar-refractivity contribution is -0.123. The van der Waals surface area contributed by atoms with E-state index in [0.29, 0.717) is 17.5 Å². The summed E-state index contributed by atoms with van der Waals surface area (Å²) in [6.45, 7) is 3.95. The van der Waals surface area contributed by atoms with Gasteiger partial charge in [-0.3, -0.25) is 4.79 Å². The summed E-state index contributed by atoms with van der Waals surface area (Å²) in [6.07, 6.45) is 1.45. The monoisotopic (exact) mass is 328 g/mol.